The van der Waals surface area contributed by atoms with Gasteiger partial charge in [0, 0.05) is 27.4 Å². The van der Waals surface area contributed by atoms with E-state index in [0.717, 1.165) is 3.57 Å². The number of anilines is 1. The highest BCUT2D eigenvalue weighted by molar-refractivity contribution is 14.1. The molecule has 5 heteroatoms. The molecule has 2 rings (SSSR count). The van der Waals surface area contributed by atoms with Gasteiger partial charge in [-0.25, -0.2) is 0 Å². The van der Waals surface area contributed by atoms with Gasteiger partial charge >= 0.3 is 0 Å². The van der Waals surface area contributed by atoms with E-state index in [1.807, 2.05) is 13.0 Å². The van der Waals surface area contributed by atoms with Gasteiger partial charge in [-0.1, -0.05) is 17.7 Å². The van der Waals surface area contributed by atoms with Crippen molar-refractivity contribution >= 4 is 45.8 Å². The molecule has 0 aliphatic carbocycles. The van der Waals surface area contributed by atoms with Crippen LogP contribution in [0.15, 0.2) is 42.5 Å². The van der Waals surface area contributed by atoms with E-state index >= 15 is 0 Å². The van der Waals surface area contributed by atoms with Crippen molar-refractivity contribution in [3.05, 3.63) is 56.6 Å². The maximum absolute atomic E-state index is 12.5. The molecule has 104 valence electrons. The van der Waals surface area contributed by atoms with Crippen LogP contribution in [0.2, 0.25) is 5.02 Å². The Balaban J connectivity index is 2.36. The summed E-state index contributed by atoms with van der Waals surface area (Å²) in [5.74, 6) is -0.00853. The Morgan fingerprint density at radius 3 is 2.65 bits per heavy atom. The number of amides is 1. The SMILES string of the molecule is CCN(C(=O)c1ccc(I)c(Cl)c1)c1cccc(O)c1. The predicted octanol–water partition coefficient (Wildman–Crippen LogP) is 4.32. The average Bonchev–Trinajstić information content (AvgIpc) is 2.42. The quantitative estimate of drug-likeness (QED) is 0.778. The summed E-state index contributed by atoms with van der Waals surface area (Å²) in [5, 5.41) is 10.1. The normalized spacial score (nSPS) is 10.3. The van der Waals surface area contributed by atoms with Crippen LogP contribution in [0.1, 0.15) is 17.3 Å². The number of halogens is 2. The van der Waals surface area contributed by atoms with E-state index in [2.05, 4.69) is 22.6 Å². The summed E-state index contributed by atoms with van der Waals surface area (Å²) in [6, 6.07) is 11.9. The van der Waals surface area contributed by atoms with Crippen molar-refractivity contribution in [1.82, 2.24) is 0 Å². The summed E-state index contributed by atoms with van der Waals surface area (Å²) in [6.07, 6.45) is 0. The van der Waals surface area contributed by atoms with Crippen molar-refractivity contribution in [3.63, 3.8) is 0 Å². The second-order valence-corrected chi connectivity index (χ2v) is 5.77. The fraction of sp³-hybridized carbons (Fsp3) is 0.133. The van der Waals surface area contributed by atoms with Crippen LogP contribution < -0.4 is 4.90 Å². The van der Waals surface area contributed by atoms with Crippen LogP contribution in [0.3, 0.4) is 0 Å². The fourth-order valence-corrected chi connectivity index (χ4v) is 2.41. The van der Waals surface area contributed by atoms with Crippen molar-refractivity contribution in [3.8, 4) is 5.75 Å². The maximum atomic E-state index is 12.5. The Bertz CT molecular complexity index is 646. The lowest BCUT2D eigenvalue weighted by atomic mass is 10.1. The summed E-state index contributed by atoms with van der Waals surface area (Å²) in [5.41, 5.74) is 1.19. The molecule has 0 radical (unpaired) electrons. The number of phenols is 1. The topological polar surface area (TPSA) is 40.5 Å². The molecule has 0 aliphatic heterocycles. The van der Waals surface area contributed by atoms with Gasteiger partial charge in [0.05, 0.1) is 5.02 Å². The Morgan fingerprint density at radius 1 is 1.30 bits per heavy atom. The molecule has 0 heterocycles. The summed E-state index contributed by atoms with van der Waals surface area (Å²) >= 11 is 8.18. The van der Waals surface area contributed by atoms with Gasteiger partial charge in [-0.15, -0.1) is 0 Å². The lowest BCUT2D eigenvalue weighted by molar-refractivity contribution is 0.0988. The second-order valence-electron chi connectivity index (χ2n) is 4.20. The molecule has 0 aliphatic rings. The van der Waals surface area contributed by atoms with Crippen molar-refractivity contribution in [2.24, 2.45) is 0 Å². The number of benzene rings is 2. The van der Waals surface area contributed by atoms with Crippen LogP contribution >= 0.6 is 34.2 Å². The Labute approximate surface area is 136 Å². The molecule has 0 bridgehead atoms. The molecule has 20 heavy (non-hydrogen) atoms. The van der Waals surface area contributed by atoms with Gasteiger partial charge in [-0.3, -0.25) is 4.79 Å². The molecule has 0 unspecified atom stereocenters. The van der Waals surface area contributed by atoms with Gasteiger partial charge in [-0.2, -0.15) is 0 Å². The Hall–Kier alpha value is -1.27. The molecule has 0 aromatic heterocycles. The van der Waals surface area contributed by atoms with E-state index in [9.17, 15) is 9.90 Å². The number of nitrogens with zero attached hydrogens (tertiary/aromatic N) is 1. The maximum Gasteiger partial charge on any atom is 0.258 e. The Morgan fingerprint density at radius 2 is 2.05 bits per heavy atom. The van der Waals surface area contributed by atoms with Crippen LogP contribution in [0.5, 0.6) is 5.75 Å². The van der Waals surface area contributed by atoms with Gasteiger partial charge in [0.15, 0.2) is 0 Å². The third-order valence-electron chi connectivity index (χ3n) is 2.87. The molecule has 0 fully saturated rings. The summed E-state index contributed by atoms with van der Waals surface area (Å²) < 4.78 is 0.904. The zero-order chi connectivity index (χ0) is 14.7. The zero-order valence-electron chi connectivity index (χ0n) is 10.8. The molecular formula is C15H13ClINO2. The minimum atomic E-state index is -0.142. The highest BCUT2D eigenvalue weighted by Gasteiger charge is 2.17. The highest BCUT2D eigenvalue weighted by atomic mass is 127. The van der Waals surface area contributed by atoms with Crippen molar-refractivity contribution < 1.29 is 9.90 Å². The second kappa shape index (κ2) is 6.45. The number of rotatable bonds is 3. The first-order valence-electron chi connectivity index (χ1n) is 6.09. The van der Waals surface area contributed by atoms with E-state index in [1.165, 1.54) is 0 Å². The van der Waals surface area contributed by atoms with E-state index in [1.54, 1.807) is 41.3 Å². The number of phenolic OH excluding ortho intramolecular Hbond substituents is 1. The van der Waals surface area contributed by atoms with Crippen LogP contribution in [-0.4, -0.2) is 17.6 Å². The van der Waals surface area contributed by atoms with E-state index < -0.39 is 0 Å². The molecule has 2 aromatic carbocycles. The van der Waals surface area contributed by atoms with Gasteiger partial charge in [0.2, 0.25) is 0 Å². The van der Waals surface area contributed by atoms with Crippen LogP contribution in [0.4, 0.5) is 5.69 Å². The summed E-state index contributed by atoms with van der Waals surface area (Å²) in [6.45, 7) is 2.39. The average molecular weight is 402 g/mol. The number of hydrogen-bond acceptors (Lipinski definition) is 2. The standard InChI is InChI=1S/C15H13ClINO2/c1-2-18(11-4-3-5-12(19)9-11)15(20)10-6-7-14(17)13(16)8-10/h3-9,19H,2H2,1H3. The molecule has 0 saturated carbocycles. The first-order valence-corrected chi connectivity index (χ1v) is 7.54. The molecule has 3 nitrogen and oxygen atoms in total. The fourth-order valence-electron chi connectivity index (χ4n) is 1.89. The number of hydrogen-bond donors (Lipinski definition) is 1. The number of aromatic hydroxyl groups is 1. The van der Waals surface area contributed by atoms with Gasteiger partial charge < -0.3 is 10.0 Å². The van der Waals surface area contributed by atoms with E-state index in [0.29, 0.717) is 22.8 Å². The van der Waals surface area contributed by atoms with Crippen molar-refractivity contribution in [2.75, 3.05) is 11.4 Å². The molecule has 2 aromatic rings. The van der Waals surface area contributed by atoms with Crippen LogP contribution in [-0.2, 0) is 0 Å². The third kappa shape index (κ3) is 3.24. The zero-order valence-corrected chi connectivity index (χ0v) is 13.7. The Kier molecular flexibility index (Phi) is 4.88. The van der Waals surface area contributed by atoms with Gasteiger partial charge in [-0.05, 0) is 59.8 Å². The third-order valence-corrected chi connectivity index (χ3v) is 4.44. The first-order chi connectivity index (χ1) is 9.52. The number of carbonyl (C=O) groups excluding carboxylic acids is 1. The van der Waals surface area contributed by atoms with Crippen LogP contribution in [0, 0.1) is 3.57 Å². The molecular weight excluding hydrogens is 389 g/mol. The molecule has 0 spiro atoms. The minimum absolute atomic E-state index is 0.134. The molecule has 1 N–H and O–H groups in total. The van der Waals surface area contributed by atoms with Crippen molar-refractivity contribution in [1.29, 1.82) is 0 Å². The van der Waals surface area contributed by atoms with E-state index in [-0.39, 0.29) is 11.7 Å². The molecule has 0 atom stereocenters. The largest absolute Gasteiger partial charge is 0.508 e. The van der Waals surface area contributed by atoms with Crippen LogP contribution in [0.25, 0.3) is 0 Å². The predicted molar refractivity (Wildman–Crippen MR) is 89.6 cm³/mol. The summed E-state index contributed by atoms with van der Waals surface area (Å²) in [4.78, 5) is 14.1. The molecule has 1 amide bonds. The lowest BCUT2D eigenvalue weighted by Gasteiger charge is -2.21. The minimum Gasteiger partial charge on any atom is -0.508 e. The molecule has 0 saturated heterocycles. The van der Waals surface area contributed by atoms with Gasteiger partial charge in [0.1, 0.15) is 5.75 Å². The monoisotopic (exact) mass is 401 g/mol. The highest BCUT2D eigenvalue weighted by Crippen LogP contribution is 2.24. The van der Waals surface area contributed by atoms with Crippen molar-refractivity contribution in [2.45, 2.75) is 6.92 Å². The van der Waals surface area contributed by atoms with E-state index in [4.69, 9.17) is 11.6 Å². The first kappa shape index (κ1) is 15.1. The number of carbonyl (C=O) groups is 1. The summed E-state index contributed by atoms with van der Waals surface area (Å²) in [7, 11) is 0. The van der Waals surface area contributed by atoms with Gasteiger partial charge in [0.25, 0.3) is 5.91 Å². The smallest absolute Gasteiger partial charge is 0.258 e. The lowest BCUT2D eigenvalue weighted by Crippen LogP contribution is -2.30.